The summed E-state index contributed by atoms with van der Waals surface area (Å²) in [6, 6.07) is 10.6. The highest BCUT2D eigenvalue weighted by Gasteiger charge is 2.09. The monoisotopic (exact) mass is 349 g/mol. The van der Waals surface area contributed by atoms with Gasteiger partial charge in [-0.1, -0.05) is 18.2 Å². The van der Waals surface area contributed by atoms with Crippen molar-refractivity contribution in [2.24, 2.45) is 0 Å². The fourth-order valence-corrected chi connectivity index (χ4v) is 2.50. The summed E-state index contributed by atoms with van der Waals surface area (Å²) in [4.78, 5) is 24.1. The summed E-state index contributed by atoms with van der Waals surface area (Å²) in [6.07, 6.45) is 0.171. The standard InChI is InChI=1S/C15H15N3O3S2/c1-21-11-6-4-10(5-7-11)9-13(19)16-15(22)18-17-14(20)12-3-2-8-23-12/h2-8H,9H2,1H3,(H,17,20)(H2,16,18,19,22). The first kappa shape index (κ1) is 16.9. The predicted molar refractivity (Wildman–Crippen MR) is 92.4 cm³/mol. The summed E-state index contributed by atoms with van der Waals surface area (Å²) in [5.41, 5.74) is 5.74. The Balaban J connectivity index is 1.75. The van der Waals surface area contributed by atoms with Crippen molar-refractivity contribution in [3.63, 3.8) is 0 Å². The maximum atomic E-state index is 11.9. The van der Waals surface area contributed by atoms with Crippen molar-refractivity contribution in [3.8, 4) is 5.75 Å². The van der Waals surface area contributed by atoms with Gasteiger partial charge in [0, 0.05) is 0 Å². The zero-order chi connectivity index (χ0) is 16.7. The third-order valence-electron chi connectivity index (χ3n) is 2.81. The molecule has 23 heavy (non-hydrogen) atoms. The lowest BCUT2D eigenvalue weighted by molar-refractivity contribution is -0.119. The fourth-order valence-electron chi connectivity index (χ4n) is 1.71. The maximum Gasteiger partial charge on any atom is 0.279 e. The second-order valence-electron chi connectivity index (χ2n) is 4.46. The lowest BCUT2D eigenvalue weighted by Gasteiger charge is -2.10. The number of benzene rings is 1. The molecule has 120 valence electrons. The minimum atomic E-state index is -0.313. The Hall–Kier alpha value is -2.45. The molecule has 0 aliphatic heterocycles. The molecule has 2 amide bonds. The number of carbonyl (C=O) groups excluding carboxylic acids is 2. The summed E-state index contributed by atoms with van der Waals surface area (Å²) in [7, 11) is 1.58. The van der Waals surface area contributed by atoms with E-state index < -0.39 is 0 Å². The summed E-state index contributed by atoms with van der Waals surface area (Å²) < 4.78 is 5.05. The number of hydrogen-bond acceptors (Lipinski definition) is 5. The van der Waals surface area contributed by atoms with Crippen LogP contribution in [0.3, 0.4) is 0 Å². The highest BCUT2D eigenvalue weighted by atomic mass is 32.1. The van der Waals surface area contributed by atoms with E-state index in [1.807, 2.05) is 0 Å². The number of thiocarbonyl (C=S) groups is 1. The molecule has 1 aromatic carbocycles. The highest BCUT2D eigenvalue weighted by molar-refractivity contribution is 7.80. The largest absolute Gasteiger partial charge is 0.497 e. The Morgan fingerprint density at radius 3 is 2.52 bits per heavy atom. The first-order valence-corrected chi connectivity index (χ1v) is 7.94. The molecule has 6 nitrogen and oxygen atoms in total. The van der Waals surface area contributed by atoms with E-state index in [-0.39, 0.29) is 23.3 Å². The van der Waals surface area contributed by atoms with Gasteiger partial charge in [0.25, 0.3) is 5.91 Å². The van der Waals surface area contributed by atoms with Crippen LogP contribution in [0.2, 0.25) is 0 Å². The molecule has 0 spiro atoms. The molecule has 2 rings (SSSR count). The zero-order valence-corrected chi connectivity index (χ0v) is 13.9. The number of methoxy groups -OCH3 is 1. The molecule has 0 fully saturated rings. The molecule has 0 atom stereocenters. The summed E-state index contributed by atoms with van der Waals surface area (Å²) in [5.74, 6) is 0.132. The Bertz CT molecular complexity index is 685. The first-order chi connectivity index (χ1) is 11.1. The maximum absolute atomic E-state index is 11.9. The van der Waals surface area contributed by atoms with E-state index in [2.05, 4.69) is 16.2 Å². The number of thiophene rings is 1. The molecule has 3 N–H and O–H groups in total. The van der Waals surface area contributed by atoms with Crippen molar-refractivity contribution >= 4 is 40.5 Å². The van der Waals surface area contributed by atoms with Crippen LogP contribution in [0, 0.1) is 0 Å². The smallest absolute Gasteiger partial charge is 0.279 e. The van der Waals surface area contributed by atoms with Crippen molar-refractivity contribution in [3.05, 3.63) is 52.2 Å². The molecular formula is C15H15N3O3S2. The molecule has 8 heteroatoms. The van der Waals surface area contributed by atoms with E-state index in [1.165, 1.54) is 11.3 Å². The van der Waals surface area contributed by atoms with Crippen LogP contribution in [0.4, 0.5) is 0 Å². The van der Waals surface area contributed by atoms with E-state index in [1.54, 1.807) is 48.9 Å². The summed E-state index contributed by atoms with van der Waals surface area (Å²) >= 11 is 6.27. The number of carbonyl (C=O) groups is 2. The van der Waals surface area contributed by atoms with Crippen LogP contribution < -0.4 is 20.9 Å². The molecule has 0 unspecified atom stereocenters. The first-order valence-electron chi connectivity index (χ1n) is 6.65. The van der Waals surface area contributed by atoms with Crippen LogP contribution in [0.1, 0.15) is 15.2 Å². The molecule has 0 radical (unpaired) electrons. The van der Waals surface area contributed by atoms with Gasteiger partial charge in [-0.3, -0.25) is 20.4 Å². The molecular weight excluding hydrogens is 334 g/mol. The molecule has 0 bridgehead atoms. The van der Waals surface area contributed by atoms with E-state index >= 15 is 0 Å². The van der Waals surface area contributed by atoms with Gasteiger partial charge >= 0.3 is 0 Å². The Labute approximate surface area is 142 Å². The van der Waals surface area contributed by atoms with Gasteiger partial charge in [-0.15, -0.1) is 11.3 Å². The van der Waals surface area contributed by atoms with E-state index in [0.29, 0.717) is 4.88 Å². The third kappa shape index (κ3) is 5.35. The van der Waals surface area contributed by atoms with E-state index in [0.717, 1.165) is 11.3 Å². The van der Waals surface area contributed by atoms with Gasteiger partial charge in [-0.05, 0) is 41.4 Å². The fraction of sp³-hybridized carbons (Fsp3) is 0.133. The average molecular weight is 349 g/mol. The number of hydrogen-bond donors (Lipinski definition) is 3. The molecule has 0 aliphatic carbocycles. The topological polar surface area (TPSA) is 79.5 Å². The quantitative estimate of drug-likeness (QED) is 0.578. The highest BCUT2D eigenvalue weighted by Crippen LogP contribution is 2.11. The van der Waals surface area contributed by atoms with Crippen LogP contribution in [0.15, 0.2) is 41.8 Å². The molecule has 0 saturated carbocycles. The van der Waals surface area contributed by atoms with Gasteiger partial charge in [0.05, 0.1) is 18.4 Å². The van der Waals surface area contributed by atoms with Gasteiger partial charge in [0.2, 0.25) is 5.91 Å². The number of rotatable bonds is 4. The van der Waals surface area contributed by atoms with E-state index in [4.69, 9.17) is 17.0 Å². The molecule has 1 heterocycles. The van der Waals surface area contributed by atoms with Crippen LogP contribution in [0.5, 0.6) is 5.75 Å². The van der Waals surface area contributed by atoms with Crippen LogP contribution >= 0.6 is 23.6 Å². The number of ether oxygens (including phenoxy) is 1. The van der Waals surface area contributed by atoms with Crippen LogP contribution in [-0.2, 0) is 11.2 Å². The third-order valence-corrected chi connectivity index (χ3v) is 3.88. The van der Waals surface area contributed by atoms with Crippen molar-refractivity contribution in [1.82, 2.24) is 16.2 Å². The van der Waals surface area contributed by atoms with Gasteiger partial charge in [0.15, 0.2) is 5.11 Å². The van der Waals surface area contributed by atoms with Crippen molar-refractivity contribution in [1.29, 1.82) is 0 Å². The molecule has 0 saturated heterocycles. The minimum absolute atomic E-state index is 0.0356. The molecule has 2 aromatic rings. The van der Waals surface area contributed by atoms with Gasteiger partial charge in [-0.2, -0.15) is 0 Å². The van der Waals surface area contributed by atoms with Crippen LogP contribution in [0.25, 0.3) is 0 Å². The number of amides is 2. The van der Waals surface area contributed by atoms with Crippen molar-refractivity contribution < 1.29 is 14.3 Å². The van der Waals surface area contributed by atoms with Crippen molar-refractivity contribution in [2.45, 2.75) is 6.42 Å². The SMILES string of the molecule is COc1ccc(CC(=O)NC(=S)NNC(=O)c2cccs2)cc1. The predicted octanol–water partition coefficient (Wildman–Crippen LogP) is 1.63. The van der Waals surface area contributed by atoms with Gasteiger partial charge in [-0.25, -0.2) is 0 Å². The zero-order valence-electron chi connectivity index (χ0n) is 12.3. The van der Waals surface area contributed by atoms with Crippen LogP contribution in [-0.4, -0.2) is 24.0 Å². The average Bonchev–Trinajstić information content (AvgIpc) is 3.07. The molecule has 0 aliphatic rings. The number of hydrazine groups is 1. The Morgan fingerprint density at radius 1 is 1.17 bits per heavy atom. The Kier molecular flexibility index (Phi) is 6.07. The summed E-state index contributed by atoms with van der Waals surface area (Å²) in [5, 5.41) is 4.33. The van der Waals surface area contributed by atoms with Gasteiger partial charge < -0.3 is 10.1 Å². The minimum Gasteiger partial charge on any atom is -0.497 e. The van der Waals surface area contributed by atoms with Crippen molar-refractivity contribution in [2.75, 3.05) is 7.11 Å². The normalized spacial score (nSPS) is 9.78. The van der Waals surface area contributed by atoms with Gasteiger partial charge in [0.1, 0.15) is 5.75 Å². The Morgan fingerprint density at radius 2 is 1.91 bits per heavy atom. The lowest BCUT2D eigenvalue weighted by Crippen LogP contribution is -2.48. The second-order valence-corrected chi connectivity index (χ2v) is 5.81. The number of nitrogens with one attached hydrogen (secondary N) is 3. The summed E-state index contributed by atoms with van der Waals surface area (Å²) in [6.45, 7) is 0. The second kappa shape index (κ2) is 8.25. The van der Waals surface area contributed by atoms with E-state index in [9.17, 15) is 9.59 Å². The lowest BCUT2D eigenvalue weighted by atomic mass is 10.1. The molecule has 1 aromatic heterocycles.